The smallest absolute Gasteiger partial charge is 0.274 e. The summed E-state index contributed by atoms with van der Waals surface area (Å²) < 4.78 is 6.95. The van der Waals surface area contributed by atoms with Crippen LogP contribution in [0.25, 0.3) is 10.2 Å². The van der Waals surface area contributed by atoms with E-state index < -0.39 is 6.10 Å². The van der Waals surface area contributed by atoms with E-state index in [1.165, 1.54) is 18.3 Å². The number of fused-ring (bicyclic) bond motifs is 1. The zero-order chi connectivity index (χ0) is 22.7. The summed E-state index contributed by atoms with van der Waals surface area (Å²) in [6.07, 6.45) is 0.111. The third kappa shape index (κ3) is 4.55. The largest absolute Gasteiger partial charge is 0.481 e. The van der Waals surface area contributed by atoms with Crippen molar-refractivity contribution in [3.8, 4) is 5.75 Å². The zero-order valence-electron chi connectivity index (χ0n) is 18.2. The molecular weight excluding hydrogens is 420 g/mol. The van der Waals surface area contributed by atoms with Gasteiger partial charge in [0, 0.05) is 5.56 Å². The second-order valence-electron chi connectivity index (χ2n) is 7.50. The van der Waals surface area contributed by atoms with Gasteiger partial charge in [-0.3, -0.25) is 14.5 Å². The van der Waals surface area contributed by atoms with E-state index in [9.17, 15) is 9.59 Å². The Bertz CT molecular complexity index is 1230. The molecule has 0 N–H and O–H groups in total. The summed E-state index contributed by atoms with van der Waals surface area (Å²) in [6.45, 7) is 5.33. The molecule has 1 amide bonds. The molecule has 1 unspecified atom stereocenters. The number of aryl methyl sites for hydroxylation is 1. The fraction of sp³-hybridized carbons (Fsp3) is 0.192. The van der Waals surface area contributed by atoms with Crippen LogP contribution in [0.2, 0.25) is 0 Å². The van der Waals surface area contributed by atoms with Crippen molar-refractivity contribution in [1.82, 2.24) is 4.98 Å². The number of carbonyl (C=O) groups is 2. The number of nitrogens with zero attached hydrogens (tertiary/aromatic N) is 2. The van der Waals surface area contributed by atoms with Crippen molar-refractivity contribution in [1.29, 1.82) is 0 Å². The fourth-order valence-electron chi connectivity index (χ4n) is 3.41. The highest BCUT2D eigenvalue weighted by molar-refractivity contribution is 7.22. The average molecular weight is 445 g/mol. The van der Waals surface area contributed by atoms with Gasteiger partial charge in [-0.25, -0.2) is 4.98 Å². The number of rotatable bonds is 7. The highest BCUT2D eigenvalue weighted by Gasteiger charge is 2.28. The number of aromatic nitrogens is 1. The van der Waals surface area contributed by atoms with E-state index in [1.807, 2.05) is 48.5 Å². The molecule has 0 aliphatic heterocycles. The van der Waals surface area contributed by atoms with Gasteiger partial charge in [0.15, 0.2) is 17.0 Å². The molecule has 0 saturated heterocycles. The molecule has 4 aromatic rings. The van der Waals surface area contributed by atoms with E-state index in [-0.39, 0.29) is 11.7 Å². The van der Waals surface area contributed by atoms with Crippen LogP contribution in [0.15, 0.2) is 72.8 Å². The predicted octanol–water partition coefficient (Wildman–Crippen LogP) is 6.19. The first-order chi connectivity index (χ1) is 15.5. The summed E-state index contributed by atoms with van der Waals surface area (Å²) >= 11 is 1.47. The van der Waals surface area contributed by atoms with Crippen molar-refractivity contribution in [2.75, 3.05) is 4.90 Å². The van der Waals surface area contributed by atoms with Crippen LogP contribution in [0.3, 0.4) is 0 Å². The summed E-state index contributed by atoms with van der Waals surface area (Å²) in [4.78, 5) is 31.5. The van der Waals surface area contributed by atoms with Crippen LogP contribution >= 0.6 is 11.3 Å². The van der Waals surface area contributed by atoms with Crippen LogP contribution in [0, 0.1) is 0 Å². The van der Waals surface area contributed by atoms with Crippen molar-refractivity contribution in [2.45, 2.75) is 33.3 Å². The summed E-state index contributed by atoms with van der Waals surface area (Å²) in [5.41, 5.74) is 3.35. The van der Waals surface area contributed by atoms with Gasteiger partial charge in [-0.1, -0.05) is 42.5 Å². The first-order valence-corrected chi connectivity index (χ1v) is 11.3. The maximum atomic E-state index is 13.6. The van der Waals surface area contributed by atoms with Crippen LogP contribution in [-0.2, 0) is 11.2 Å². The number of hydrogen-bond acceptors (Lipinski definition) is 5. The molecule has 0 radical (unpaired) electrons. The molecule has 1 aromatic heterocycles. The molecule has 162 valence electrons. The maximum Gasteiger partial charge on any atom is 0.274 e. The normalized spacial score (nSPS) is 11.8. The van der Waals surface area contributed by atoms with Crippen molar-refractivity contribution in [3.05, 3.63) is 83.9 Å². The van der Waals surface area contributed by atoms with Gasteiger partial charge in [-0.15, -0.1) is 0 Å². The Morgan fingerprint density at radius 1 is 1.03 bits per heavy atom. The lowest BCUT2D eigenvalue weighted by atomic mass is 10.1. The molecule has 6 heteroatoms. The Morgan fingerprint density at radius 2 is 1.78 bits per heavy atom. The second-order valence-corrected chi connectivity index (χ2v) is 8.51. The van der Waals surface area contributed by atoms with Gasteiger partial charge in [0.05, 0.1) is 15.9 Å². The quantitative estimate of drug-likeness (QED) is 0.319. The minimum atomic E-state index is -0.754. The van der Waals surface area contributed by atoms with Gasteiger partial charge in [-0.2, -0.15) is 0 Å². The van der Waals surface area contributed by atoms with Crippen molar-refractivity contribution >= 4 is 44.1 Å². The monoisotopic (exact) mass is 444 g/mol. The molecule has 32 heavy (non-hydrogen) atoms. The molecule has 1 heterocycles. The van der Waals surface area contributed by atoms with Gasteiger partial charge in [0.2, 0.25) is 0 Å². The Labute approximate surface area is 191 Å². The summed E-state index contributed by atoms with van der Waals surface area (Å²) in [5, 5.41) is 0.604. The van der Waals surface area contributed by atoms with Gasteiger partial charge in [-0.05, 0) is 74.4 Å². The second kappa shape index (κ2) is 9.32. The van der Waals surface area contributed by atoms with Gasteiger partial charge in [0.25, 0.3) is 5.91 Å². The summed E-state index contributed by atoms with van der Waals surface area (Å²) in [6, 6.07) is 22.6. The number of ether oxygens (including phenoxy) is 1. The van der Waals surface area contributed by atoms with E-state index >= 15 is 0 Å². The van der Waals surface area contributed by atoms with Gasteiger partial charge >= 0.3 is 0 Å². The van der Waals surface area contributed by atoms with Gasteiger partial charge < -0.3 is 4.74 Å². The maximum absolute atomic E-state index is 13.6. The molecule has 1 atom stereocenters. The Kier molecular flexibility index (Phi) is 6.32. The number of benzene rings is 3. The Morgan fingerprint density at radius 3 is 2.47 bits per heavy atom. The van der Waals surface area contributed by atoms with E-state index in [2.05, 4.69) is 6.92 Å². The van der Waals surface area contributed by atoms with Gasteiger partial charge in [0.1, 0.15) is 5.75 Å². The van der Waals surface area contributed by atoms with Crippen LogP contribution in [0.1, 0.15) is 36.7 Å². The molecule has 0 fully saturated rings. The number of anilines is 2. The summed E-state index contributed by atoms with van der Waals surface area (Å²) in [5.74, 6) is 0.300. The Balaban J connectivity index is 1.68. The van der Waals surface area contributed by atoms with Crippen molar-refractivity contribution in [2.24, 2.45) is 0 Å². The predicted molar refractivity (Wildman–Crippen MR) is 129 cm³/mol. The molecule has 0 aliphatic carbocycles. The number of Topliss-reactive ketones (excluding diaryl/α,β-unsaturated/α-hetero) is 1. The standard InChI is InChI=1S/C26H24N2O3S/c1-4-19-8-7-9-21(16-19)28(26-27-23-10-5-6-11-24(23)32-26)25(30)18(3)31-22-14-12-20(13-15-22)17(2)29/h5-16,18H,4H2,1-3H3. The number of thiazole rings is 1. The molecule has 0 saturated carbocycles. The SMILES string of the molecule is CCc1cccc(N(C(=O)C(C)Oc2ccc(C(C)=O)cc2)c2nc3ccccc3s2)c1. The average Bonchev–Trinajstić information content (AvgIpc) is 3.23. The topological polar surface area (TPSA) is 59.5 Å². The lowest BCUT2D eigenvalue weighted by molar-refractivity contribution is -0.123. The van der Waals surface area contributed by atoms with E-state index in [0.29, 0.717) is 16.4 Å². The molecular formula is C26H24N2O3S. The van der Waals surface area contributed by atoms with Crippen LogP contribution < -0.4 is 9.64 Å². The fourth-order valence-corrected chi connectivity index (χ4v) is 4.40. The highest BCUT2D eigenvalue weighted by Crippen LogP contribution is 2.34. The molecule has 4 rings (SSSR count). The third-order valence-corrected chi connectivity index (χ3v) is 6.21. The molecule has 0 aliphatic rings. The van der Waals surface area contributed by atoms with E-state index in [0.717, 1.165) is 27.9 Å². The lowest BCUT2D eigenvalue weighted by Gasteiger charge is -2.24. The van der Waals surface area contributed by atoms with Crippen molar-refractivity contribution < 1.29 is 14.3 Å². The zero-order valence-corrected chi connectivity index (χ0v) is 19.1. The highest BCUT2D eigenvalue weighted by atomic mass is 32.1. The first kappa shape index (κ1) is 21.7. The number of amides is 1. The molecule has 5 nitrogen and oxygen atoms in total. The number of para-hydroxylation sites is 1. The molecule has 0 spiro atoms. The minimum Gasteiger partial charge on any atom is -0.481 e. The van der Waals surface area contributed by atoms with Crippen LogP contribution in [-0.4, -0.2) is 22.8 Å². The third-order valence-electron chi connectivity index (χ3n) is 5.19. The lowest BCUT2D eigenvalue weighted by Crippen LogP contribution is -2.37. The van der Waals surface area contributed by atoms with Crippen LogP contribution in [0.4, 0.5) is 10.8 Å². The molecule has 3 aromatic carbocycles. The van der Waals surface area contributed by atoms with E-state index in [4.69, 9.17) is 9.72 Å². The van der Waals surface area contributed by atoms with E-state index in [1.54, 1.807) is 36.1 Å². The minimum absolute atomic E-state index is 0.0153. The summed E-state index contributed by atoms with van der Waals surface area (Å²) in [7, 11) is 0. The number of hydrogen-bond donors (Lipinski definition) is 0. The number of carbonyl (C=O) groups excluding carboxylic acids is 2. The van der Waals surface area contributed by atoms with Crippen molar-refractivity contribution in [3.63, 3.8) is 0 Å². The Hall–Kier alpha value is -3.51. The first-order valence-electron chi connectivity index (χ1n) is 10.5. The molecule has 0 bridgehead atoms. The van der Waals surface area contributed by atoms with Crippen LogP contribution in [0.5, 0.6) is 5.75 Å². The number of ketones is 1.